The van der Waals surface area contributed by atoms with Crippen molar-refractivity contribution in [3.05, 3.63) is 77.5 Å². The minimum atomic E-state index is -0.205. The van der Waals surface area contributed by atoms with Gasteiger partial charge in [0.05, 0.1) is 0 Å². The van der Waals surface area contributed by atoms with Gasteiger partial charge in [0, 0.05) is 94.8 Å². The molecule has 0 saturated heterocycles. The van der Waals surface area contributed by atoms with E-state index >= 15 is 0 Å². The number of hydrogen-bond donors (Lipinski definition) is 2. The van der Waals surface area contributed by atoms with Gasteiger partial charge in [0.25, 0.3) is 5.91 Å². The first kappa shape index (κ1) is 26.0. The molecule has 0 atom stereocenters. The summed E-state index contributed by atoms with van der Waals surface area (Å²) in [5.41, 5.74) is 5.07. The highest BCUT2D eigenvalue weighted by Crippen LogP contribution is 2.27. The molecular weight excluding hydrogens is 494 g/mol. The van der Waals surface area contributed by atoms with Crippen LogP contribution in [0.1, 0.15) is 34.2 Å². The van der Waals surface area contributed by atoms with Crippen LogP contribution in [0.25, 0.3) is 11.4 Å². The van der Waals surface area contributed by atoms with Gasteiger partial charge in [-0.1, -0.05) is 12.1 Å². The summed E-state index contributed by atoms with van der Waals surface area (Å²) in [6.07, 6.45) is 6.31. The minimum absolute atomic E-state index is 0.194. The number of fused-ring (bicyclic) bond motifs is 1. The van der Waals surface area contributed by atoms with Crippen molar-refractivity contribution in [1.82, 2.24) is 34.5 Å². The lowest BCUT2D eigenvalue weighted by molar-refractivity contribution is 0.0944. The van der Waals surface area contributed by atoms with Crippen molar-refractivity contribution in [2.45, 2.75) is 33.0 Å². The molecule has 11 heteroatoms. The zero-order valence-electron chi connectivity index (χ0n) is 22.7. The topological polar surface area (TPSA) is 113 Å². The molecule has 202 valence electrons. The normalized spacial score (nSPS) is 12.7. The molecule has 3 aromatic heterocycles. The number of anilines is 2. The number of nitrogens with zero attached hydrogens (tertiary/aromatic N) is 7. The lowest BCUT2D eigenvalue weighted by atomic mass is 10.0. The van der Waals surface area contributed by atoms with E-state index in [4.69, 9.17) is 4.98 Å². The molecule has 0 unspecified atom stereocenters. The van der Waals surface area contributed by atoms with Crippen molar-refractivity contribution in [3.63, 3.8) is 0 Å². The number of carbonyl (C=O) groups is 2. The van der Waals surface area contributed by atoms with Gasteiger partial charge in [0.1, 0.15) is 11.6 Å². The molecule has 4 aromatic rings. The van der Waals surface area contributed by atoms with Crippen LogP contribution in [-0.4, -0.2) is 61.8 Å². The van der Waals surface area contributed by atoms with Gasteiger partial charge in [-0.2, -0.15) is 5.10 Å². The fourth-order valence-electron chi connectivity index (χ4n) is 4.69. The second-order valence-electron chi connectivity index (χ2n) is 9.73. The lowest BCUT2D eigenvalue weighted by Gasteiger charge is -2.28. The Morgan fingerprint density at radius 1 is 1.08 bits per heavy atom. The highest BCUT2D eigenvalue weighted by molar-refractivity contribution is 5.94. The van der Waals surface area contributed by atoms with E-state index in [1.165, 1.54) is 4.90 Å². The molecule has 1 aliphatic heterocycles. The van der Waals surface area contributed by atoms with Gasteiger partial charge in [-0.05, 0) is 36.8 Å². The molecule has 0 aliphatic carbocycles. The second-order valence-corrected chi connectivity index (χ2v) is 9.73. The molecule has 0 saturated carbocycles. The number of amides is 3. The van der Waals surface area contributed by atoms with Crippen molar-refractivity contribution in [1.29, 1.82) is 0 Å². The van der Waals surface area contributed by atoms with Crippen molar-refractivity contribution in [2.75, 3.05) is 30.9 Å². The Kier molecular flexibility index (Phi) is 7.31. The van der Waals surface area contributed by atoms with E-state index in [1.807, 2.05) is 72.0 Å². The van der Waals surface area contributed by atoms with Crippen molar-refractivity contribution in [3.8, 4) is 11.4 Å². The van der Waals surface area contributed by atoms with Gasteiger partial charge in [0.15, 0.2) is 5.69 Å². The molecule has 1 aromatic carbocycles. The van der Waals surface area contributed by atoms with E-state index in [2.05, 4.69) is 25.6 Å². The quantitative estimate of drug-likeness (QED) is 0.381. The first-order valence-electron chi connectivity index (χ1n) is 13.0. The summed E-state index contributed by atoms with van der Waals surface area (Å²) < 4.78 is 3.90. The van der Waals surface area contributed by atoms with Gasteiger partial charge in [0.2, 0.25) is 0 Å². The minimum Gasteiger partial charge on any atom is -0.352 e. The van der Waals surface area contributed by atoms with Gasteiger partial charge in [-0.25, -0.2) is 14.8 Å². The highest BCUT2D eigenvalue weighted by atomic mass is 16.2. The zero-order chi connectivity index (χ0) is 27.5. The number of urea groups is 1. The number of pyridine rings is 1. The predicted molar refractivity (Wildman–Crippen MR) is 149 cm³/mol. The van der Waals surface area contributed by atoms with E-state index in [0.717, 1.165) is 47.0 Å². The molecule has 39 heavy (non-hydrogen) atoms. The number of benzene rings is 1. The maximum atomic E-state index is 13.3. The monoisotopic (exact) mass is 527 g/mol. The number of hydrogen-bond acceptors (Lipinski definition) is 6. The van der Waals surface area contributed by atoms with Gasteiger partial charge in [-0.3, -0.25) is 9.48 Å². The molecule has 11 nitrogen and oxygen atoms in total. The van der Waals surface area contributed by atoms with Crippen LogP contribution in [-0.2, 0) is 33.1 Å². The molecule has 2 N–H and O–H groups in total. The van der Waals surface area contributed by atoms with Gasteiger partial charge in [-0.15, -0.1) is 0 Å². The Bertz CT molecular complexity index is 1470. The number of imidazole rings is 1. The molecule has 1 aliphatic rings. The first-order chi connectivity index (χ1) is 18.8. The Morgan fingerprint density at radius 2 is 1.87 bits per heavy atom. The van der Waals surface area contributed by atoms with Crippen LogP contribution >= 0.6 is 0 Å². The van der Waals surface area contributed by atoms with E-state index in [-0.39, 0.29) is 11.9 Å². The van der Waals surface area contributed by atoms with Crippen LogP contribution in [0.3, 0.4) is 0 Å². The molecular formula is C28H33N9O2. The van der Waals surface area contributed by atoms with Gasteiger partial charge >= 0.3 is 6.03 Å². The lowest BCUT2D eigenvalue weighted by Crippen LogP contribution is -2.33. The molecule has 3 amide bonds. The van der Waals surface area contributed by atoms with E-state index < -0.39 is 0 Å². The maximum Gasteiger partial charge on any atom is 0.321 e. The molecule has 0 fully saturated rings. The summed E-state index contributed by atoms with van der Waals surface area (Å²) >= 11 is 0. The summed E-state index contributed by atoms with van der Waals surface area (Å²) in [6.45, 7) is 4.45. The third kappa shape index (κ3) is 5.47. The Morgan fingerprint density at radius 3 is 2.51 bits per heavy atom. The number of aryl methyl sites for hydroxylation is 2. The van der Waals surface area contributed by atoms with Crippen LogP contribution in [0, 0.1) is 0 Å². The second kappa shape index (κ2) is 11.0. The summed E-state index contributed by atoms with van der Waals surface area (Å²) in [5.74, 6) is 1.52. The summed E-state index contributed by atoms with van der Waals surface area (Å²) in [6, 6.07) is 11.2. The van der Waals surface area contributed by atoms with Crippen LogP contribution < -0.4 is 15.5 Å². The maximum absolute atomic E-state index is 13.3. The number of carbonyl (C=O) groups excluding carboxylic acids is 2. The number of aromatic nitrogens is 5. The van der Waals surface area contributed by atoms with E-state index in [0.29, 0.717) is 31.0 Å². The average Bonchev–Trinajstić information content (AvgIpc) is 3.55. The standard InChI is InChI=1S/C28H33N9O2/c1-5-37-23-12-14-36(24-11-8-20(17-30-24)26-29-13-15-35(26)4)18-22(23)25(33-37)27(38)31-16-19-6-9-21(10-7-19)32-28(39)34(2)3/h6-11,13,15,17H,5,12,14,16,18H2,1-4H3,(H,31,38)(H,32,39). The average molecular weight is 528 g/mol. The number of nitrogens with one attached hydrogen (secondary N) is 2. The fourth-order valence-corrected chi connectivity index (χ4v) is 4.69. The fraction of sp³-hybridized carbons (Fsp3) is 0.321. The van der Waals surface area contributed by atoms with Gasteiger partial charge < -0.3 is 25.0 Å². The zero-order valence-corrected chi connectivity index (χ0v) is 22.7. The van der Waals surface area contributed by atoms with Crippen molar-refractivity contribution in [2.24, 2.45) is 7.05 Å². The summed E-state index contributed by atoms with van der Waals surface area (Å²) in [5, 5.41) is 10.5. The van der Waals surface area contributed by atoms with Crippen LogP contribution in [0.4, 0.5) is 16.3 Å². The molecule has 0 bridgehead atoms. The molecule has 5 rings (SSSR count). The van der Waals surface area contributed by atoms with Crippen molar-refractivity contribution < 1.29 is 9.59 Å². The summed E-state index contributed by atoms with van der Waals surface area (Å²) in [7, 11) is 5.33. The highest BCUT2D eigenvalue weighted by Gasteiger charge is 2.28. The van der Waals surface area contributed by atoms with E-state index in [9.17, 15) is 9.59 Å². The Labute approximate surface area is 227 Å². The molecule has 4 heterocycles. The SMILES string of the molecule is CCn1nc(C(=O)NCc2ccc(NC(=O)N(C)C)cc2)c2c1CCN(c1ccc(-c3nccn3C)cn1)C2. The van der Waals surface area contributed by atoms with Crippen LogP contribution in [0.15, 0.2) is 55.0 Å². The Hall–Kier alpha value is -4.67. The van der Waals surface area contributed by atoms with E-state index in [1.54, 1.807) is 20.3 Å². The third-order valence-electron chi connectivity index (χ3n) is 6.86. The molecule has 0 radical (unpaired) electrons. The predicted octanol–water partition coefficient (Wildman–Crippen LogP) is 3.28. The smallest absolute Gasteiger partial charge is 0.321 e. The largest absolute Gasteiger partial charge is 0.352 e. The Balaban J connectivity index is 1.27. The first-order valence-corrected chi connectivity index (χ1v) is 13.0. The summed E-state index contributed by atoms with van der Waals surface area (Å²) in [4.78, 5) is 37.9. The van der Waals surface area contributed by atoms with Crippen molar-refractivity contribution >= 4 is 23.4 Å². The third-order valence-corrected chi connectivity index (χ3v) is 6.86. The van der Waals surface area contributed by atoms with Crippen LogP contribution in [0.5, 0.6) is 0 Å². The number of rotatable bonds is 7. The van der Waals surface area contributed by atoms with Crippen LogP contribution in [0.2, 0.25) is 0 Å². The molecule has 0 spiro atoms.